The number of aromatic amines is 1. The van der Waals surface area contributed by atoms with Crippen LogP contribution >= 0.6 is 0 Å². The highest BCUT2D eigenvalue weighted by Gasteiger charge is 2.30. The van der Waals surface area contributed by atoms with Crippen molar-refractivity contribution < 1.29 is 8.42 Å². The summed E-state index contributed by atoms with van der Waals surface area (Å²) in [6.45, 7) is 4.63. The van der Waals surface area contributed by atoms with E-state index in [0.717, 1.165) is 50.2 Å². The predicted molar refractivity (Wildman–Crippen MR) is 86.6 cm³/mol. The highest BCUT2D eigenvalue weighted by atomic mass is 32.2. The summed E-state index contributed by atoms with van der Waals surface area (Å²) in [4.78, 5) is 2.64. The van der Waals surface area contributed by atoms with Gasteiger partial charge in [0, 0.05) is 31.1 Å². The Balaban J connectivity index is 1.86. The number of piperidine rings is 1. The number of nitrogens with zero attached hydrogens (tertiary/aromatic N) is 4. The maximum absolute atomic E-state index is 12.0. The summed E-state index contributed by atoms with van der Waals surface area (Å²) < 4.78 is 25.9. The van der Waals surface area contributed by atoms with Crippen LogP contribution in [0.2, 0.25) is 0 Å². The monoisotopic (exact) mass is 337 g/mol. The van der Waals surface area contributed by atoms with Crippen LogP contribution in [0.4, 0.5) is 0 Å². The van der Waals surface area contributed by atoms with Crippen LogP contribution in [0, 0.1) is 0 Å². The third-order valence-corrected chi connectivity index (χ3v) is 5.50. The van der Waals surface area contributed by atoms with Gasteiger partial charge in [0.2, 0.25) is 0 Å². The number of hydrogen-bond acceptors (Lipinski definition) is 5. The number of sulfone groups is 1. The molecule has 1 fully saturated rings. The molecule has 1 N–H and O–H groups in total. The Morgan fingerprint density at radius 1 is 1.35 bits per heavy atom. The van der Waals surface area contributed by atoms with Gasteiger partial charge in [-0.3, -0.25) is 14.7 Å². The molecule has 0 saturated carbocycles. The lowest BCUT2D eigenvalue weighted by molar-refractivity contribution is 0.135. The predicted octanol–water partition coefficient (Wildman–Crippen LogP) is 1.76. The lowest BCUT2D eigenvalue weighted by Crippen LogP contribution is -2.33. The topological polar surface area (TPSA) is 83.9 Å². The van der Waals surface area contributed by atoms with Crippen molar-refractivity contribution in [2.45, 2.75) is 50.2 Å². The molecular weight excluding hydrogens is 314 g/mol. The van der Waals surface area contributed by atoms with Crippen molar-refractivity contribution in [3.63, 3.8) is 0 Å². The minimum Gasteiger partial charge on any atom is -0.290 e. The summed E-state index contributed by atoms with van der Waals surface area (Å²) in [7, 11) is -3.27. The van der Waals surface area contributed by atoms with E-state index in [1.807, 2.05) is 10.9 Å². The van der Waals surface area contributed by atoms with E-state index in [2.05, 4.69) is 33.3 Å². The minimum absolute atomic E-state index is 0.0564. The smallest absolute Gasteiger partial charge is 0.178 e. The average Bonchev–Trinajstić information content (AvgIpc) is 3.16. The normalized spacial score (nSPS) is 20.0. The second-order valence-corrected chi connectivity index (χ2v) is 8.09. The zero-order chi connectivity index (χ0) is 16.4. The number of H-pyrrole nitrogens is 1. The first-order chi connectivity index (χ1) is 11.0. The molecule has 2 aromatic rings. The van der Waals surface area contributed by atoms with E-state index in [9.17, 15) is 8.42 Å². The molecule has 0 aliphatic carbocycles. The van der Waals surface area contributed by atoms with Crippen LogP contribution in [0.15, 0.2) is 23.5 Å². The van der Waals surface area contributed by atoms with Crippen LogP contribution in [-0.4, -0.2) is 46.1 Å². The molecular formula is C15H23N5O2S. The maximum atomic E-state index is 12.0. The van der Waals surface area contributed by atoms with E-state index in [4.69, 9.17) is 0 Å². The number of likely N-dealkylation sites (tertiary alicyclic amines) is 1. The molecule has 1 atom stereocenters. The van der Waals surface area contributed by atoms with Gasteiger partial charge in [0.15, 0.2) is 9.84 Å². The first kappa shape index (κ1) is 16.2. The molecule has 1 aliphatic rings. The molecule has 23 heavy (non-hydrogen) atoms. The second kappa shape index (κ2) is 6.45. The van der Waals surface area contributed by atoms with Crippen molar-refractivity contribution in [2.75, 3.05) is 12.8 Å². The number of aromatic nitrogens is 4. The molecule has 3 rings (SSSR count). The van der Waals surface area contributed by atoms with Crippen LogP contribution in [0.1, 0.15) is 43.5 Å². The Labute approximate surface area is 136 Å². The van der Waals surface area contributed by atoms with Gasteiger partial charge in [0.1, 0.15) is 4.90 Å². The van der Waals surface area contributed by atoms with Gasteiger partial charge in [-0.25, -0.2) is 8.42 Å². The summed E-state index contributed by atoms with van der Waals surface area (Å²) in [5.74, 6) is 0. The molecule has 0 radical (unpaired) electrons. The van der Waals surface area contributed by atoms with Crippen molar-refractivity contribution in [1.29, 1.82) is 0 Å². The fourth-order valence-electron chi connectivity index (χ4n) is 3.22. The van der Waals surface area contributed by atoms with Crippen molar-refractivity contribution in [1.82, 2.24) is 24.9 Å². The van der Waals surface area contributed by atoms with E-state index < -0.39 is 9.84 Å². The molecule has 3 heterocycles. The van der Waals surface area contributed by atoms with Crippen molar-refractivity contribution in [3.8, 4) is 0 Å². The third-order valence-electron chi connectivity index (χ3n) is 4.37. The minimum atomic E-state index is -3.27. The molecule has 2 aromatic heterocycles. The molecule has 0 spiro atoms. The van der Waals surface area contributed by atoms with E-state index in [1.54, 1.807) is 0 Å². The van der Waals surface area contributed by atoms with Crippen molar-refractivity contribution in [2.24, 2.45) is 0 Å². The lowest BCUT2D eigenvalue weighted by Gasteiger charge is -2.35. The zero-order valence-electron chi connectivity index (χ0n) is 13.6. The third kappa shape index (κ3) is 3.48. The largest absolute Gasteiger partial charge is 0.290 e. The summed E-state index contributed by atoms with van der Waals surface area (Å²) >= 11 is 0. The summed E-state index contributed by atoms with van der Waals surface area (Å²) in [5.41, 5.74) is 1.87. The Morgan fingerprint density at radius 3 is 2.87 bits per heavy atom. The van der Waals surface area contributed by atoms with Gasteiger partial charge < -0.3 is 0 Å². The molecule has 7 nitrogen and oxygen atoms in total. The van der Waals surface area contributed by atoms with Crippen LogP contribution in [-0.2, 0) is 22.9 Å². The van der Waals surface area contributed by atoms with Gasteiger partial charge >= 0.3 is 0 Å². The molecule has 126 valence electrons. The van der Waals surface area contributed by atoms with Crippen molar-refractivity contribution in [3.05, 3.63) is 29.8 Å². The Bertz CT molecular complexity index is 764. The highest BCUT2D eigenvalue weighted by Crippen LogP contribution is 2.34. The molecule has 1 aliphatic heterocycles. The van der Waals surface area contributed by atoms with E-state index >= 15 is 0 Å². The average molecular weight is 337 g/mol. The second-order valence-electron chi connectivity index (χ2n) is 6.11. The van der Waals surface area contributed by atoms with Crippen LogP contribution < -0.4 is 0 Å². The summed E-state index contributed by atoms with van der Waals surface area (Å²) in [6, 6.07) is 0.0564. The van der Waals surface area contributed by atoms with Gasteiger partial charge in [-0.05, 0) is 26.3 Å². The maximum Gasteiger partial charge on any atom is 0.178 e. The van der Waals surface area contributed by atoms with Gasteiger partial charge in [-0.2, -0.15) is 10.2 Å². The van der Waals surface area contributed by atoms with Crippen molar-refractivity contribution >= 4 is 9.84 Å². The number of rotatable bonds is 5. The van der Waals surface area contributed by atoms with Gasteiger partial charge in [-0.1, -0.05) is 6.42 Å². The van der Waals surface area contributed by atoms with Crippen LogP contribution in [0.3, 0.4) is 0 Å². The summed E-state index contributed by atoms with van der Waals surface area (Å²) in [6.07, 6.45) is 9.76. The first-order valence-corrected chi connectivity index (χ1v) is 9.87. The lowest BCUT2D eigenvalue weighted by atomic mass is 9.99. The Kier molecular flexibility index (Phi) is 4.54. The SMILES string of the molecule is CCn1cc(CN2CCCC[C@H]2c2[nH]ncc2S(C)(=O)=O)cn1. The Hall–Kier alpha value is -1.67. The fourth-order valence-corrected chi connectivity index (χ4v) is 4.05. The van der Waals surface area contributed by atoms with E-state index in [1.165, 1.54) is 12.5 Å². The number of nitrogens with one attached hydrogen (secondary N) is 1. The van der Waals surface area contributed by atoms with Crippen LogP contribution in [0.25, 0.3) is 0 Å². The van der Waals surface area contributed by atoms with Crippen LogP contribution in [0.5, 0.6) is 0 Å². The molecule has 0 aromatic carbocycles. The van der Waals surface area contributed by atoms with Gasteiger partial charge in [0.05, 0.1) is 24.1 Å². The molecule has 8 heteroatoms. The highest BCUT2D eigenvalue weighted by molar-refractivity contribution is 7.90. The van der Waals surface area contributed by atoms with E-state index in [0.29, 0.717) is 4.90 Å². The Morgan fingerprint density at radius 2 is 2.17 bits per heavy atom. The van der Waals surface area contributed by atoms with Gasteiger partial charge in [-0.15, -0.1) is 0 Å². The summed E-state index contributed by atoms with van der Waals surface area (Å²) in [5, 5.41) is 11.2. The molecule has 0 bridgehead atoms. The molecule has 0 amide bonds. The number of aryl methyl sites for hydroxylation is 1. The number of hydrogen-bond donors (Lipinski definition) is 1. The molecule has 1 saturated heterocycles. The standard InChI is InChI=1S/C15H23N5O2S/c1-3-20-11-12(8-17-20)10-19-7-5-4-6-13(19)15-14(9-16-18-15)23(2,21)22/h8-9,11,13H,3-7,10H2,1-2H3,(H,16,18)/t13-/m0/s1. The molecule has 0 unspecified atom stereocenters. The quantitative estimate of drug-likeness (QED) is 0.899. The zero-order valence-corrected chi connectivity index (χ0v) is 14.4. The van der Waals surface area contributed by atoms with E-state index in [-0.39, 0.29) is 6.04 Å². The fraction of sp³-hybridized carbons (Fsp3) is 0.600. The van der Waals surface area contributed by atoms with Gasteiger partial charge in [0.25, 0.3) is 0 Å². The first-order valence-electron chi connectivity index (χ1n) is 7.97.